The lowest BCUT2D eigenvalue weighted by molar-refractivity contribution is 0.526. The van der Waals surface area contributed by atoms with Crippen LogP contribution in [0.3, 0.4) is 0 Å². The summed E-state index contributed by atoms with van der Waals surface area (Å²) in [7, 11) is 1.88. The van der Waals surface area contributed by atoms with Crippen molar-refractivity contribution in [3.63, 3.8) is 0 Å². The van der Waals surface area contributed by atoms with Gasteiger partial charge in [-0.1, -0.05) is 0 Å². The van der Waals surface area contributed by atoms with Crippen LogP contribution in [-0.2, 0) is 7.05 Å². The van der Waals surface area contributed by atoms with E-state index in [-0.39, 0.29) is 0 Å². The maximum Gasteiger partial charge on any atom is 0.283 e. The van der Waals surface area contributed by atoms with Gasteiger partial charge in [0, 0.05) is 26.4 Å². The van der Waals surface area contributed by atoms with Crippen LogP contribution in [0.25, 0.3) is 11.7 Å². The minimum absolute atomic E-state index is 0.458. The Morgan fingerprint density at radius 2 is 2.25 bits per heavy atom. The molecule has 5 heteroatoms. The molecule has 0 atom stereocenters. The molecule has 0 radical (unpaired) electrons. The molecule has 0 aliphatic rings. The van der Waals surface area contributed by atoms with Gasteiger partial charge in [0.25, 0.3) is 5.89 Å². The van der Waals surface area contributed by atoms with Crippen LogP contribution in [0, 0.1) is 6.92 Å². The van der Waals surface area contributed by atoms with Crippen LogP contribution in [0.4, 0.5) is 0 Å². The molecule has 2 heterocycles. The molecule has 0 bridgehead atoms. The molecule has 2 rings (SSSR count). The Morgan fingerprint density at radius 3 is 2.75 bits per heavy atom. The zero-order valence-corrected chi connectivity index (χ0v) is 6.85. The van der Waals surface area contributed by atoms with Gasteiger partial charge in [0.2, 0.25) is 5.89 Å². The molecule has 0 N–H and O–H groups in total. The Hall–Kier alpha value is -1.65. The van der Waals surface area contributed by atoms with E-state index in [0.29, 0.717) is 17.6 Å². The predicted octanol–water partition coefficient (Wildman–Crippen LogP) is 0.779. The Labute approximate surface area is 69.1 Å². The average molecular weight is 164 g/mol. The first kappa shape index (κ1) is 7.02. The Balaban J connectivity index is 2.50. The van der Waals surface area contributed by atoms with E-state index in [1.807, 2.05) is 17.8 Å². The van der Waals surface area contributed by atoms with Gasteiger partial charge in [0.1, 0.15) is 0 Å². The third kappa shape index (κ3) is 0.990. The summed E-state index contributed by atoms with van der Waals surface area (Å²) in [5.74, 6) is 1.70. The first-order valence-corrected chi connectivity index (χ1v) is 3.55. The van der Waals surface area contributed by atoms with Crippen molar-refractivity contribution in [3.8, 4) is 11.7 Å². The van der Waals surface area contributed by atoms with E-state index in [2.05, 4.69) is 15.2 Å². The second-order valence-corrected chi connectivity index (χ2v) is 2.49. The zero-order chi connectivity index (χ0) is 8.55. The maximum atomic E-state index is 5.20. The van der Waals surface area contributed by atoms with Gasteiger partial charge in [-0.25, -0.2) is 4.98 Å². The highest BCUT2D eigenvalue weighted by Crippen LogP contribution is 2.13. The smallest absolute Gasteiger partial charge is 0.283 e. The number of rotatable bonds is 1. The van der Waals surface area contributed by atoms with Crippen LogP contribution in [0.15, 0.2) is 16.8 Å². The van der Waals surface area contributed by atoms with Gasteiger partial charge in [-0.05, 0) is 0 Å². The molecule has 0 spiro atoms. The molecule has 0 unspecified atom stereocenters. The summed E-state index contributed by atoms with van der Waals surface area (Å²) < 4.78 is 7.03. The van der Waals surface area contributed by atoms with Gasteiger partial charge < -0.3 is 8.98 Å². The summed E-state index contributed by atoms with van der Waals surface area (Å²) >= 11 is 0. The number of aromatic nitrogens is 4. The maximum absolute atomic E-state index is 5.20. The van der Waals surface area contributed by atoms with Crippen molar-refractivity contribution < 1.29 is 4.42 Å². The normalized spacial score (nSPS) is 10.5. The van der Waals surface area contributed by atoms with E-state index in [1.54, 1.807) is 13.1 Å². The third-order valence-corrected chi connectivity index (χ3v) is 1.54. The van der Waals surface area contributed by atoms with Gasteiger partial charge in [-0.2, -0.15) is 0 Å². The molecule has 0 fully saturated rings. The summed E-state index contributed by atoms with van der Waals surface area (Å²) in [6, 6.07) is 0. The monoisotopic (exact) mass is 164 g/mol. The van der Waals surface area contributed by atoms with Gasteiger partial charge in [0.15, 0.2) is 5.82 Å². The summed E-state index contributed by atoms with van der Waals surface area (Å²) in [5.41, 5.74) is 0. The van der Waals surface area contributed by atoms with E-state index < -0.39 is 0 Å². The molecule has 0 saturated heterocycles. The van der Waals surface area contributed by atoms with Crippen molar-refractivity contribution >= 4 is 0 Å². The second-order valence-electron chi connectivity index (χ2n) is 2.49. The standard InChI is InChI=1S/C7H8N4O/c1-5-9-10-7(12-5)6-8-3-4-11(6)2/h3-4H,1-2H3. The highest BCUT2D eigenvalue weighted by atomic mass is 16.4. The van der Waals surface area contributed by atoms with Gasteiger partial charge in [-0.15, -0.1) is 10.2 Å². The lowest BCUT2D eigenvalue weighted by atomic mass is 10.6. The van der Waals surface area contributed by atoms with Crippen LogP contribution < -0.4 is 0 Å². The fraction of sp³-hybridized carbons (Fsp3) is 0.286. The van der Waals surface area contributed by atoms with Crippen LogP contribution >= 0.6 is 0 Å². The summed E-state index contributed by atoms with van der Waals surface area (Å²) in [6.07, 6.45) is 3.52. The number of hydrogen-bond donors (Lipinski definition) is 0. The topological polar surface area (TPSA) is 56.7 Å². The van der Waals surface area contributed by atoms with Crippen molar-refractivity contribution in [2.24, 2.45) is 7.05 Å². The molecule has 0 amide bonds. The van der Waals surface area contributed by atoms with E-state index >= 15 is 0 Å². The van der Waals surface area contributed by atoms with Gasteiger partial charge in [-0.3, -0.25) is 0 Å². The summed E-state index contributed by atoms with van der Waals surface area (Å²) in [6.45, 7) is 1.75. The lowest BCUT2D eigenvalue weighted by Crippen LogP contribution is -1.90. The first-order valence-electron chi connectivity index (χ1n) is 3.55. The molecule has 0 aliphatic heterocycles. The lowest BCUT2D eigenvalue weighted by Gasteiger charge is -1.92. The molecule has 0 aromatic carbocycles. The molecular weight excluding hydrogens is 156 g/mol. The Kier molecular flexibility index (Phi) is 1.43. The van der Waals surface area contributed by atoms with Gasteiger partial charge >= 0.3 is 0 Å². The molecular formula is C7H8N4O. The largest absolute Gasteiger partial charge is 0.419 e. The SMILES string of the molecule is Cc1nnc(-c2nccn2C)o1. The quantitative estimate of drug-likeness (QED) is 0.624. The Morgan fingerprint density at radius 1 is 1.42 bits per heavy atom. The summed E-state index contributed by atoms with van der Waals surface area (Å²) in [4.78, 5) is 4.07. The van der Waals surface area contributed by atoms with Crippen molar-refractivity contribution in [1.82, 2.24) is 19.7 Å². The molecule has 5 nitrogen and oxygen atoms in total. The summed E-state index contributed by atoms with van der Waals surface area (Å²) in [5, 5.41) is 7.56. The fourth-order valence-corrected chi connectivity index (χ4v) is 0.959. The van der Waals surface area contributed by atoms with E-state index in [1.165, 1.54) is 0 Å². The molecule has 2 aromatic rings. The van der Waals surface area contributed by atoms with E-state index in [4.69, 9.17) is 4.42 Å². The first-order chi connectivity index (χ1) is 5.77. The molecule has 2 aromatic heterocycles. The average Bonchev–Trinajstić information content (AvgIpc) is 2.58. The van der Waals surface area contributed by atoms with Crippen molar-refractivity contribution in [1.29, 1.82) is 0 Å². The number of nitrogens with zero attached hydrogens (tertiary/aromatic N) is 4. The Bertz CT molecular complexity index is 390. The predicted molar refractivity (Wildman–Crippen MR) is 41.2 cm³/mol. The van der Waals surface area contributed by atoms with E-state index in [0.717, 1.165) is 0 Å². The molecule has 62 valence electrons. The zero-order valence-electron chi connectivity index (χ0n) is 6.85. The van der Waals surface area contributed by atoms with Crippen molar-refractivity contribution in [2.45, 2.75) is 6.92 Å². The number of imidazole rings is 1. The minimum atomic E-state index is 0.458. The molecule has 12 heavy (non-hydrogen) atoms. The highest BCUT2D eigenvalue weighted by molar-refractivity contribution is 5.39. The highest BCUT2D eigenvalue weighted by Gasteiger charge is 2.09. The van der Waals surface area contributed by atoms with Gasteiger partial charge in [0.05, 0.1) is 0 Å². The van der Waals surface area contributed by atoms with Crippen LogP contribution in [-0.4, -0.2) is 19.7 Å². The van der Waals surface area contributed by atoms with Crippen molar-refractivity contribution in [2.75, 3.05) is 0 Å². The van der Waals surface area contributed by atoms with Crippen LogP contribution in [0.5, 0.6) is 0 Å². The number of hydrogen-bond acceptors (Lipinski definition) is 4. The fourth-order valence-electron chi connectivity index (χ4n) is 0.959. The number of aryl methyl sites for hydroxylation is 2. The minimum Gasteiger partial charge on any atom is -0.419 e. The molecule has 0 aliphatic carbocycles. The second kappa shape index (κ2) is 2.44. The van der Waals surface area contributed by atoms with Crippen LogP contribution in [0.1, 0.15) is 5.89 Å². The van der Waals surface area contributed by atoms with Crippen molar-refractivity contribution in [3.05, 3.63) is 18.3 Å². The van der Waals surface area contributed by atoms with E-state index in [9.17, 15) is 0 Å². The molecule has 0 saturated carbocycles. The van der Waals surface area contributed by atoms with Crippen LogP contribution in [0.2, 0.25) is 0 Å². The third-order valence-electron chi connectivity index (χ3n) is 1.54.